The first-order chi connectivity index (χ1) is 17.0. The molecule has 1 aromatic heterocycles. The number of pyridine rings is 1. The second-order valence-corrected chi connectivity index (χ2v) is 11.4. The van der Waals surface area contributed by atoms with Crippen molar-refractivity contribution in [3.05, 3.63) is 52.4 Å². The van der Waals surface area contributed by atoms with Crippen LogP contribution in [0.3, 0.4) is 0 Å². The molecule has 1 saturated heterocycles. The van der Waals surface area contributed by atoms with Crippen LogP contribution in [0.15, 0.2) is 30.3 Å². The summed E-state index contributed by atoms with van der Waals surface area (Å²) < 4.78 is 79.7. The van der Waals surface area contributed by atoms with E-state index in [0.29, 0.717) is 6.07 Å². The fourth-order valence-electron chi connectivity index (χ4n) is 3.83. The Labute approximate surface area is 216 Å². The van der Waals surface area contributed by atoms with Crippen molar-refractivity contribution in [3.8, 4) is 0 Å². The lowest BCUT2D eigenvalue weighted by molar-refractivity contribution is -0.137. The van der Waals surface area contributed by atoms with Crippen LogP contribution in [-0.2, 0) is 21.0 Å². The minimum Gasteiger partial charge on any atom is -0.361 e. The highest BCUT2D eigenvalue weighted by molar-refractivity contribution is 7.89. The van der Waals surface area contributed by atoms with Gasteiger partial charge in [0.05, 0.1) is 16.3 Å². The Hall–Kier alpha value is -2.52. The first-order valence-corrected chi connectivity index (χ1v) is 12.9. The summed E-state index contributed by atoms with van der Waals surface area (Å²) in [5, 5.41) is 10.8. The van der Waals surface area contributed by atoms with E-state index in [0.717, 1.165) is 26.2 Å². The van der Waals surface area contributed by atoms with Crippen molar-refractivity contribution in [2.45, 2.75) is 25.5 Å². The van der Waals surface area contributed by atoms with Gasteiger partial charge in [-0.3, -0.25) is 9.69 Å². The molecule has 2 aromatic rings. The van der Waals surface area contributed by atoms with Gasteiger partial charge in [-0.15, -0.1) is 0 Å². The predicted molar refractivity (Wildman–Crippen MR) is 130 cm³/mol. The molecule has 9 nitrogen and oxygen atoms in total. The largest absolute Gasteiger partial charge is 0.416 e. The zero-order valence-electron chi connectivity index (χ0n) is 20.4. The third-order valence-electron chi connectivity index (χ3n) is 5.95. The molecule has 0 aliphatic carbocycles. The van der Waals surface area contributed by atoms with E-state index in [4.69, 9.17) is 11.6 Å². The fraction of sp³-hybridized carbons (Fsp3) is 0.455. The number of anilines is 2. The number of amides is 1. The van der Waals surface area contributed by atoms with Crippen LogP contribution in [-0.4, -0.2) is 86.0 Å². The van der Waals surface area contributed by atoms with Crippen molar-refractivity contribution in [2.24, 2.45) is 0 Å². The van der Waals surface area contributed by atoms with Crippen LogP contribution in [0.1, 0.15) is 11.3 Å². The number of aliphatic hydroxyl groups excluding tert-OH is 1. The van der Waals surface area contributed by atoms with E-state index in [2.05, 4.69) is 4.98 Å². The summed E-state index contributed by atoms with van der Waals surface area (Å²) in [7, 11) is 0.363. The van der Waals surface area contributed by atoms with Crippen LogP contribution >= 0.6 is 11.6 Å². The molecule has 1 fully saturated rings. The van der Waals surface area contributed by atoms with Crippen LogP contribution in [0.2, 0.25) is 5.02 Å². The van der Waals surface area contributed by atoms with Crippen molar-refractivity contribution in [1.29, 1.82) is 0 Å². The highest BCUT2D eigenvalue weighted by Crippen LogP contribution is 2.35. The van der Waals surface area contributed by atoms with Gasteiger partial charge >= 0.3 is 6.18 Å². The molecule has 0 bridgehead atoms. The summed E-state index contributed by atoms with van der Waals surface area (Å²) in [6, 6.07) is 3.84. The number of aliphatic hydroxyl groups is 1. The second-order valence-electron chi connectivity index (χ2n) is 8.71. The molecule has 204 valence electrons. The Balaban J connectivity index is 2.02. The van der Waals surface area contributed by atoms with E-state index in [9.17, 15) is 35.9 Å². The number of carbonyl (C=O) groups excluding carboxylic acids is 1. The highest BCUT2D eigenvalue weighted by Gasteiger charge is 2.45. The van der Waals surface area contributed by atoms with Gasteiger partial charge in [-0.2, -0.15) is 13.2 Å². The fourth-order valence-corrected chi connectivity index (χ4v) is 4.83. The first kappa shape index (κ1) is 29.0. The number of nitrogens with zero attached hydrogens (tertiary/aromatic N) is 5. The molecular weight excluding hydrogens is 542 g/mol. The van der Waals surface area contributed by atoms with Gasteiger partial charge in [0.25, 0.3) is 5.91 Å². The van der Waals surface area contributed by atoms with Gasteiger partial charge in [-0.1, -0.05) is 11.6 Å². The number of hydrogen-bond acceptors (Lipinski definition) is 7. The van der Waals surface area contributed by atoms with E-state index in [-0.39, 0.29) is 35.3 Å². The van der Waals surface area contributed by atoms with E-state index in [1.807, 2.05) is 0 Å². The Morgan fingerprint density at radius 2 is 1.86 bits per heavy atom. The molecule has 1 aliphatic heterocycles. The first-order valence-electron chi connectivity index (χ1n) is 10.9. The van der Waals surface area contributed by atoms with Crippen LogP contribution in [0, 0.1) is 12.7 Å². The summed E-state index contributed by atoms with van der Waals surface area (Å²) in [6.07, 6.45) is -6.37. The van der Waals surface area contributed by atoms with Crippen molar-refractivity contribution in [3.63, 3.8) is 0 Å². The lowest BCUT2D eigenvalue weighted by Crippen LogP contribution is -2.49. The summed E-state index contributed by atoms with van der Waals surface area (Å²) in [5.74, 6) is -2.11. The van der Waals surface area contributed by atoms with E-state index < -0.39 is 51.6 Å². The molecule has 1 unspecified atom stereocenters. The zero-order valence-corrected chi connectivity index (χ0v) is 21.9. The van der Waals surface area contributed by atoms with Crippen LogP contribution in [0.25, 0.3) is 0 Å². The molecule has 1 aromatic carbocycles. The molecule has 37 heavy (non-hydrogen) atoms. The van der Waals surface area contributed by atoms with E-state index in [1.54, 1.807) is 0 Å². The SMILES string of the molecule is Cc1cc(C(F)(F)F)cc(N2C(O)N(CCS(=O)(=O)N(C)C)C[C@H]2C(=O)N(C)c2ccc(F)c(Cl)c2)n1. The Kier molecular flexibility index (Phi) is 8.39. The average molecular weight is 568 g/mol. The maximum atomic E-state index is 13.6. The van der Waals surface area contributed by atoms with Gasteiger partial charge in [0.15, 0.2) is 6.35 Å². The molecule has 1 N–H and O–H groups in total. The van der Waals surface area contributed by atoms with Crippen LogP contribution in [0.4, 0.5) is 29.1 Å². The second kappa shape index (κ2) is 10.7. The quantitative estimate of drug-likeness (QED) is 0.514. The van der Waals surface area contributed by atoms with Crippen LogP contribution in [0.5, 0.6) is 0 Å². The van der Waals surface area contributed by atoms with Crippen molar-refractivity contribution in [1.82, 2.24) is 14.2 Å². The van der Waals surface area contributed by atoms with Crippen molar-refractivity contribution < 1.29 is 35.9 Å². The number of rotatable bonds is 7. The standard InChI is InChI=1S/C22H26ClF4N5O4S/c1-13-9-14(22(25,26)27)10-19(28-13)32-18(12-31(21(32)34)7-8-37(35,36)29(2)3)20(33)30(4)15-5-6-17(24)16(23)11-15/h5-6,9-11,18,21,34H,7-8,12H2,1-4H3/t18-,21?/m0/s1. The molecule has 0 saturated carbocycles. The average Bonchev–Trinajstić information content (AvgIpc) is 3.13. The van der Waals surface area contributed by atoms with Gasteiger partial charge in [-0.05, 0) is 37.3 Å². The molecule has 1 aliphatic rings. The number of benzene rings is 1. The minimum absolute atomic E-state index is 0.00414. The monoisotopic (exact) mass is 567 g/mol. The van der Waals surface area contributed by atoms with Gasteiger partial charge in [0.2, 0.25) is 10.0 Å². The number of alkyl halides is 3. The van der Waals surface area contributed by atoms with Gasteiger partial charge in [0.1, 0.15) is 17.7 Å². The lowest BCUT2D eigenvalue weighted by Gasteiger charge is -2.31. The predicted octanol–water partition coefficient (Wildman–Crippen LogP) is 2.52. The molecule has 0 radical (unpaired) electrons. The number of sulfonamides is 1. The molecule has 2 atom stereocenters. The normalized spacial score (nSPS) is 19.1. The van der Waals surface area contributed by atoms with Gasteiger partial charge in [-0.25, -0.2) is 22.1 Å². The molecule has 1 amide bonds. The lowest BCUT2D eigenvalue weighted by atomic mass is 10.1. The number of aromatic nitrogens is 1. The van der Waals surface area contributed by atoms with Gasteiger partial charge in [0, 0.05) is 45.6 Å². The molecular formula is C22H26ClF4N5O4S. The maximum Gasteiger partial charge on any atom is 0.416 e. The van der Waals surface area contributed by atoms with E-state index >= 15 is 0 Å². The number of hydrogen-bond donors (Lipinski definition) is 1. The smallest absolute Gasteiger partial charge is 0.361 e. The molecule has 0 spiro atoms. The van der Waals surface area contributed by atoms with Gasteiger partial charge < -0.3 is 14.9 Å². The summed E-state index contributed by atoms with van der Waals surface area (Å²) >= 11 is 5.83. The topological polar surface area (TPSA) is 97.3 Å². The highest BCUT2D eigenvalue weighted by atomic mass is 35.5. The third kappa shape index (κ3) is 6.32. The maximum absolute atomic E-state index is 13.6. The van der Waals surface area contributed by atoms with Crippen molar-refractivity contribution >= 4 is 39.0 Å². The van der Waals surface area contributed by atoms with Crippen molar-refractivity contribution in [2.75, 3.05) is 49.8 Å². The Morgan fingerprint density at radius 1 is 1.22 bits per heavy atom. The Bertz CT molecular complexity index is 1280. The third-order valence-corrected chi connectivity index (χ3v) is 8.05. The zero-order chi connectivity index (χ0) is 27.9. The summed E-state index contributed by atoms with van der Waals surface area (Å²) in [6.45, 7) is 0.900. The minimum atomic E-state index is -4.71. The Morgan fingerprint density at radius 3 is 2.43 bits per heavy atom. The molecule has 3 rings (SSSR count). The summed E-state index contributed by atoms with van der Waals surface area (Å²) in [4.78, 5) is 21.0. The molecule has 2 heterocycles. The van der Waals surface area contributed by atoms with Crippen LogP contribution < -0.4 is 9.80 Å². The number of likely N-dealkylation sites (N-methyl/N-ethyl adjacent to an activating group) is 1. The number of carbonyl (C=O) groups is 1. The number of halogens is 5. The molecule has 15 heteroatoms. The summed E-state index contributed by atoms with van der Waals surface area (Å²) in [5.41, 5.74) is -0.830. The van der Waals surface area contributed by atoms with E-state index in [1.165, 1.54) is 45.1 Å². The number of aryl methyl sites for hydroxylation is 1.